The summed E-state index contributed by atoms with van der Waals surface area (Å²) in [5.41, 5.74) is -1.04. The molecule has 0 spiro atoms. The average molecular weight is 271 g/mol. The molecule has 5 nitrogen and oxygen atoms in total. The number of carboxylic acid groups (broad SMARTS) is 1. The lowest BCUT2D eigenvalue weighted by Gasteiger charge is -2.43. The topological polar surface area (TPSA) is 66.8 Å². The quantitative estimate of drug-likeness (QED) is 0.777. The van der Waals surface area contributed by atoms with Crippen LogP contribution < -0.4 is 0 Å². The molecule has 0 aromatic carbocycles. The van der Waals surface area contributed by atoms with E-state index in [-0.39, 0.29) is 12.0 Å². The van der Waals surface area contributed by atoms with E-state index in [2.05, 4.69) is 0 Å². The molecule has 2 atom stereocenters. The SMILES string of the molecule is CC1CN(C(=O)C(C(=O)O)C(C)(C)C)CC(C)(C)O1. The second kappa shape index (κ2) is 5.12. The van der Waals surface area contributed by atoms with E-state index in [1.165, 1.54) is 0 Å². The van der Waals surface area contributed by atoms with Gasteiger partial charge in [-0.1, -0.05) is 20.8 Å². The van der Waals surface area contributed by atoms with Crippen molar-refractivity contribution in [2.24, 2.45) is 11.3 Å². The zero-order chi connectivity index (χ0) is 15.0. The third-order valence-electron chi connectivity index (χ3n) is 3.24. The number of carbonyl (C=O) groups excluding carboxylic acids is 1. The third kappa shape index (κ3) is 3.93. The molecule has 1 aliphatic rings. The van der Waals surface area contributed by atoms with Crippen molar-refractivity contribution in [3.8, 4) is 0 Å². The number of hydrogen-bond donors (Lipinski definition) is 1. The molecule has 1 heterocycles. The Morgan fingerprint density at radius 2 is 1.89 bits per heavy atom. The summed E-state index contributed by atoms with van der Waals surface area (Å²) >= 11 is 0. The first-order valence-electron chi connectivity index (χ1n) is 6.63. The van der Waals surface area contributed by atoms with Gasteiger partial charge in [0.15, 0.2) is 0 Å². The monoisotopic (exact) mass is 271 g/mol. The number of aliphatic carboxylic acids is 1. The maximum Gasteiger partial charge on any atom is 0.316 e. The lowest BCUT2D eigenvalue weighted by molar-refractivity contribution is -0.170. The molecule has 0 aromatic heterocycles. The standard InChI is InChI=1S/C14H25NO4/c1-9-7-15(8-14(5,6)19-9)11(16)10(12(17)18)13(2,3)4/h9-10H,7-8H2,1-6H3,(H,17,18). The number of carboxylic acids is 1. The number of hydrogen-bond acceptors (Lipinski definition) is 3. The van der Waals surface area contributed by atoms with Gasteiger partial charge in [-0.15, -0.1) is 0 Å². The fourth-order valence-corrected chi connectivity index (χ4v) is 2.65. The second-order valence-electron chi connectivity index (χ2n) is 7.04. The Bertz CT molecular complexity index is 370. The first-order valence-corrected chi connectivity index (χ1v) is 6.63. The Hall–Kier alpha value is -1.10. The van der Waals surface area contributed by atoms with Crippen LogP contribution in [0.15, 0.2) is 0 Å². The molecule has 1 amide bonds. The zero-order valence-corrected chi connectivity index (χ0v) is 12.7. The first kappa shape index (κ1) is 16.0. The van der Waals surface area contributed by atoms with Crippen molar-refractivity contribution < 1.29 is 19.4 Å². The highest BCUT2D eigenvalue weighted by Gasteiger charge is 2.43. The van der Waals surface area contributed by atoms with Gasteiger partial charge in [-0.2, -0.15) is 0 Å². The largest absolute Gasteiger partial charge is 0.481 e. The Morgan fingerprint density at radius 1 is 1.37 bits per heavy atom. The van der Waals surface area contributed by atoms with E-state index in [1.807, 2.05) is 20.8 Å². The Balaban J connectivity index is 2.95. The summed E-state index contributed by atoms with van der Waals surface area (Å²) in [4.78, 5) is 25.5. The van der Waals surface area contributed by atoms with Crippen LogP contribution in [-0.4, -0.2) is 46.7 Å². The van der Waals surface area contributed by atoms with Gasteiger partial charge in [-0.05, 0) is 26.2 Å². The van der Waals surface area contributed by atoms with Crippen molar-refractivity contribution in [3.63, 3.8) is 0 Å². The molecule has 0 radical (unpaired) electrons. The van der Waals surface area contributed by atoms with Gasteiger partial charge in [0.25, 0.3) is 0 Å². The summed E-state index contributed by atoms with van der Waals surface area (Å²) in [5, 5.41) is 9.33. The highest BCUT2D eigenvalue weighted by Crippen LogP contribution is 2.30. The summed E-state index contributed by atoms with van der Waals surface area (Å²) in [6, 6.07) is 0. The normalized spacial score (nSPS) is 24.9. The predicted molar refractivity (Wildman–Crippen MR) is 71.8 cm³/mol. The summed E-state index contributed by atoms with van der Waals surface area (Å²) in [7, 11) is 0. The van der Waals surface area contributed by atoms with Crippen molar-refractivity contribution in [1.29, 1.82) is 0 Å². The minimum Gasteiger partial charge on any atom is -0.481 e. The van der Waals surface area contributed by atoms with Gasteiger partial charge >= 0.3 is 5.97 Å². The summed E-state index contributed by atoms with van der Waals surface area (Å²) < 4.78 is 5.74. The highest BCUT2D eigenvalue weighted by molar-refractivity contribution is 5.97. The van der Waals surface area contributed by atoms with Crippen LogP contribution in [-0.2, 0) is 14.3 Å². The van der Waals surface area contributed by atoms with Crippen LogP contribution in [0.2, 0.25) is 0 Å². The van der Waals surface area contributed by atoms with Crippen LogP contribution >= 0.6 is 0 Å². The molecule has 0 aliphatic carbocycles. The minimum atomic E-state index is -1.06. The van der Waals surface area contributed by atoms with Crippen molar-refractivity contribution in [2.45, 2.75) is 53.2 Å². The van der Waals surface area contributed by atoms with E-state index in [0.717, 1.165) is 0 Å². The lowest BCUT2D eigenvalue weighted by atomic mass is 9.79. The summed E-state index contributed by atoms with van der Waals surface area (Å²) in [6.07, 6.45) is -0.0814. The molecule has 0 aromatic rings. The second-order valence-corrected chi connectivity index (χ2v) is 7.04. The number of ether oxygens (including phenoxy) is 1. The Morgan fingerprint density at radius 3 is 2.26 bits per heavy atom. The van der Waals surface area contributed by atoms with Crippen molar-refractivity contribution in [2.75, 3.05) is 13.1 Å². The van der Waals surface area contributed by atoms with Crippen LogP contribution in [0.4, 0.5) is 0 Å². The molecule has 0 saturated carbocycles. The molecule has 1 aliphatic heterocycles. The molecule has 0 bridgehead atoms. The zero-order valence-electron chi connectivity index (χ0n) is 12.7. The van der Waals surface area contributed by atoms with Gasteiger partial charge in [0.05, 0.1) is 11.7 Å². The van der Waals surface area contributed by atoms with Gasteiger partial charge in [-0.3, -0.25) is 9.59 Å². The molecule has 1 N–H and O–H groups in total. The Labute approximate surface area is 114 Å². The predicted octanol–water partition coefficient (Wildman–Crippen LogP) is 1.76. The van der Waals surface area contributed by atoms with Crippen LogP contribution in [0.5, 0.6) is 0 Å². The molecular weight excluding hydrogens is 246 g/mol. The number of amides is 1. The number of carbonyl (C=O) groups is 2. The first-order chi connectivity index (χ1) is 8.44. The average Bonchev–Trinajstić information content (AvgIpc) is 2.10. The minimum absolute atomic E-state index is 0.0814. The van der Waals surface area contributed by atoms with Crippen LogP contribution in [0.3, 0.4) is 0 Å². The van der Waals surface area contributed by atoms with E-state index in [9.17, 15) is 14.7 Å². The molecule has 110 valence electrons. The van der Waals surface area contributed by atoms with E-state index >= 15 is 0 Å². The van der Waals surface area contributed by atoms with Crippen molar-refractivity contribution in [3.05, 3.63) is 0 Å². The number of morpholine rings is 1. The van der Waals surface area contributed by atoms with Gasteiger partial charge < -0.3 is 14.7 Å². The molecule has 1 fully saturated rings. The smallest absolute Gasteiger partial charge is 0.316 e. The maximum absolute atomic E-state index is 12.5. The van der Waals surface area contributed by atoms with Gasteiger partial charge in [0, 0.05) is 13.1 Å². The van der Waals surface area contributed by atoms with E-state index in [4.69, 9.17) is 4.74 Å². The van der Waals surface area contributed by atoms with Gasteiger partial charge in [0.1, 0.15) is 5.92 Å². The lowest BCUT2D eigenvalue weighted by Crippen LogP contribution is -2.57. The Kier molecular flexibility index (Phi) is 4.30. The van der Waals surface area contributed by atoms with Crippen LogP contribution in [0, 0.1) is 11.3 Å². The fourth-order valence-electron chi connectivity index (χ4n) is 2.65. The van der Waals surface area contributed by atoms with Gasteiger partial charge in [-0.25, -0.2) is 0 Å². The number of nitrogens with zero attached hydrogens (tertiary/aromatic N) is 1. The van der Waals surface area contributed by atoms with E-state index in [0.29, 0.717) is 13.1 Å². The third-order valence-corrected chi connectivity index (χ3v) is 3.24. The molecule has 5 heteroatoms. The summed E-state index contributed by atoms with van der Waals surface area (Å²) in [5.74, 6) is -2.40. The van der Waals surface area contributed by atoms with Crippen LogP contribution in [0.25, 0.3) is 0 Å². The molecular formula is C14H25NO4. The van der Waals surface area contributed by atoms with Crippen LogP contribution in [0.1, 0.15) is 41.5 Å². The maximum atomic E-state index is 12.5. The van der Waals surface area contributed by atoms with Crippen molar-refractivity contribution >= 4 is 11.9 Å². The molecule has 19 heavy (non-hydrogen) atoms. The van der Waals surface area contributed by atoms with E-state index in [1.54, 1.807) is 25.7 Å². The van der Waals surface area contributed by atoms with Gasteiger partial charge in [0.2, 0.25) is 5.91 Å². The van der Waals surface area contributed by atoms with Crippen molar-refractivity contribution in [1.82, 2.24) is 4.90 Å². The number of rotatable bonds is 2. The molecule has 1 rings (SSSR count). The van der Waals surface area contributed by atoms with E-state index < -0.39 is 22.9 Å². The molecule has 2 unspecified atom stereocenters. The molecule has 1 saturated heterocycles. The summed E-state index contributed by atoms with van der Waals surface area (Å²) in [6.45, 7) is 11.9. The highest BCUT2D eigenvalue weighted by atomic mass is 16.5. The fraction of sp³-hybridized carbons (Fsp3) is 0.857.